The number of halogens is 1. The van der Waals surface area contributed by atoms with Crippen LogP contribution in [0.1, 0.15) is 66.7 Å². The molecule has 0 fully saturated rings. The second-order valence-electron chi connectivity index (χ2n) is 11.8. The van der Waals surface area contributed by atoms with E-state index in [9.17, 15) is 19.6 Å². The van der Waals surface area contributed by atoms with Crippen molar-refractivity contribution >= 4 is 55.2 Å². The highest BCUT2D eigenvalue weighted by Gasteiger charge is 2.39. The zero-order valence-electron chi connectivity index (χ0n) is 29.6. The highest BCUT2D eigenvalue weighted by Crippen LogP contribution is 2.35. The lowest BCUT2D eigenvalue weighted by molar-refractivity contribution is -0.146. The number of nitrogens with two attached hydrogens (primary N) is 1. The Balaban J connectivity index is 0.000000232. The first kappa shape index (κ1) is 40.8. The van der Waals surface area contributed by atoms with E-state index in [0.717, 1.165) is 27.8 Å². The van der Waals surface area contributed by atoms with Crippen molar-refractivity contribution in [2.75, 3.05) is 13.2 Å². The van der Waals surface area contributed by atoms with Crippen LogP contribution in [-0.2, 0) is 34.9 Å². The third kappa shape index (κ3) is 10.1. The van der Waals surface area contributed by atoms with E-state index in [1.54, 1.807) is 50.4 Å². The molecule has 2 aliphatic rings. The summed E-state index contributed by atoms with van der Waals surface area (Å²) in [6.45, 7) is 15.3. The van der Waals surface area contributed by atoms with Gasteiger partial charge >= 0.3 is 26.2 Å². The van der Waals surface area contributed by atoms with Gasteiger partial charge < -0.3 is 44.0 Å². The SMILES string of the molecule is CCOC(=O)CC1OB(O)c2cc(Oc3cc(CN)ccn3)cc(C)c21.Cl.[C-]#[N+]c1ccnc(Oc2cc(C)c3c(c2)B(O)OC3CC(=O)OCC)c1. The van der Waals surface area contributed by atoms with Crippen molar-refractivity contribution < 1.29 is 47.9 Å². The van der Waals surface area contributed by atoms with Gasteiger partial charge in [-0.25, -0.2) is 14.8 Å². The number of pyridine rings is 2. The molecule has 4 heterocycles. The van der Waals surface area contributed by atoms with Gasteiger partial charge in [-0.1, -0.05) is 0 Å². The predicted molar refractivity (Wildman–Crippen MR) is 198 cm³/mol. The molecule has 2 aliphatic heterocycles. The Morgan fingerprint density at radius 2 is 1.28 bits per heavy atom. The molecular weight excluding hydrogens is 705 g/mol. The molecule has 17 heteroatoms. The molecular formula is C36H39B2ClN4O10. The number of esters is 2. The van der Waals surface area contributed by atoms with Crippen LogP contribution in [0.3, 0.4) is 0 Å². The van der Waals surface area contributed by atoms with Crippen LogP contribution in [0.2, 0.25) is 0 Å². The molecule has 276 valence electrons. The Morgan fingerprint density at radius 1 is 0.811 bits per heavy atom. The molecule has 2 aromatic heterocycles. The van der Waals surface area contributed by atoms with E-state index in [-0.39, 0.29) is 43.1 Å². The van der Waals surface area contributed by atoms with E-state index in [1.165, 1.54) is 12.3 Å². The molecule has 2 unspecified atom stereocenters. The second kappa shape index (κ2) is 18.7. The summed E-state index contributed by atoms with van der Waals surface area (Å²) in [5, 5.41) is 20.4. The number of aryl methyl sites for hydroxylation is 2. The molecule has 0 saturated heterocycles. The fraction of sp³-hybridized carbons (Fsp3) is 0.306. The van der Waals surface area contributed by atoms with Crippen LogP contribution in [0.4, 0.5) is 5.69 Å². The van der Waals surface area contributed by atoms with E-state index >= 15 is 0 Å². The third-order valence-electron chi connectivity index (χ3n) is 8.19. The maximum Gasteiger partial charge on any atom is 0.492 e. The first-order valence-corrected chi connectivity index (χ1v) is 16.6. The van der Waals surface area contributed by atoms with Crippen molar-refractivity contribution in [3.8, 4) is 23.3 Å². The van der Waals surface area contributed by atoms with Crippen LogP contribution < -0.4 is 26.1 Å². The zero-order chi connectivity index (χ0) is 37.4. The summed E-state index contributed by atoms with van der Waals surface area (Å²) in [4.78, 5) is 35.1. The van der Waals surface area contributed by atoms with Gasteiger partial charge in [0, 0.05) is 31.1 Å². The summed E-state index contributed by atoms with van der Waals surface area (Å²) in [7, 11) is -2.26. The highest BCUT2D eigenvalue weighted by atomic mass is 35.5. The number of rotatable bonds is 11. The Bertz CT molecular complexity index is 1980. The largest absolute Gasteiger partial charge is 0.492 e. The smallest absolute Gasteiger partial charge is 0.466 e. The molecule has 4 aromatic rings. The predicted octanol–water partition coefficient (Wildman–Crippen LogP) is 4.22. The summed E-state index contributed by atoms with van der Waals surface area (Å²) >= 11 is 0. The summed E-state index contributed by atoms with van der Waals surface area (Å²) in [5.41, 5.74) is 11.3. The van der Waals surface area contributed by atoms with Crippen LogP contribution in [-0.4, -0.2) is 59.4 Å². The number of carbonyl (C=O) groups excluding carboxylic acids is 2. The first-order valence-electron chi connectivity index (χ1n) is 16.6. The van der Waals surface area contributed by atoms with Crippen LogP contribution in [0.25, 0.3) is 4.85 Å². The number of hydrogen-bond donors (Lipinski definition) is 3. The van der Waals surface area contributed by atoms with Crippen molar-refractivity contribution in [2.45, 2.75) is 59.3 Å². The normalized spacial score (nSPS) is 15.2. The summed E-state index contributed by atoms with van der Waals surface area (Å²) in [6.07, 6.45) is 2.12. The Morgan fingerprint density at radius 3 is 1.74 bits per heavy atom. The molecule has 2 atom stereocenters. The van der Waals surface area contributed by atoms with Gasteiger partial charge in [0.2, 0.25) is 11.8 Å². The van der Waals surface area contributed by atoms with Crippen molar-refractivity contribution in [2.24, 2.45) is 5.73 Å². The summed E-state index contributed by atoms with van der Waals surface area (Å²) in [5.74, 6) is 0.966. The Labute approximate surface area is 314 Å². The number of hydrogen-bond acceptors (Lipinski definition) is 13. The molecule has 0 saturated carbocycles. The van der Waals surface area contributed by atoms with Crippen molar-refractivity contribution in [1.82, 2.24) is 9.97 Å². The van der Waals surface area contributed by atoms with E-state index in [0.29, 0.717) is 53.8 Å². The molecule has 4 N–H and O–H groups in total. The molecule has 0 radical (unpaired) electrons. The van der Waals surface area contributed by atoms with Gasteiger partial charge in [-0.3, -0.25) is 9.59 Å². The van der Waals surface area contributed by atoms with E-state index in [2.05, 4.69) is 14.8 Å². The third-order valence-corrected chi connectivity index (χ3v) is 8.19. The molecule has 6 rings (SSSR count). The van der Waals surface area contributed by atoms with Crippen molar-refractivity contribution in [3.05, 3.63) is 100 Å². The lowest BCUT2D eigenvalue weighted by Gasteiger charge is -2.14. The fourth-order valence-electron chi connectivity index (χ4n) is 6.02. The van der Waals surface area contributed by atoms with Gasteiger partial charge in [-0.15, -0.1) is 12.4 Å². The van der Waals surface area contributed by atoms with E-state index < -0.39 is 26.4 Å². The molecule has 14 nitrogen and oxygen atoms in total. The standard InChI is InChI=1S/C18H17BN2O5.C18H21BN2O5.ClH/c1-4-24-17(22)10-15-18-11(2)7-13(9-14(18)19(23)26-15)25-16-8-12(20-3)5-6-21-16;1-3-24-17(22)9-15-18-11(2)6-13(8-14(18)19(23)26-15)25-16-7-12(10-20)4-5-21-16;/h5-9,15,23H,4,10H2,1-2H3;4-8,15,23H,3,9-10,20H2,1-2H3;1H. The molecule has 2 aromatic carbocycles. The number of ether oxygens (including phenoxy) is 4. The highest BCUT2D eigenvalue weighted by molar-refractivity contribution is 6.62. The monoisotopic (exact) mass is 744 g/mol. The van der Waals surface area contributed by atoms with Gasteiger partial charge in [0.05, 0.1) is 44.8 Å². The zero-order valence-corrected chi connectivity index (χ0v) is 30.4. The van der Waals surface area contributed by atoms with Gasteiger partial charge in [0.1, 0.15) is 11.5 Å². The van der Waals surface area contributed by atoms with E-state index in [1.807, 2.05) is 26.0 Å². The van der Waals surface area contributed by atoms with Crippen LogP contribution >= 0.6 is 12.4 Å². The van der Waals surface area contributed by atoms with Crippen LogP contribution in [0, 0.1) is 20.4 Å². The minimum absolute atomic E-state index is 0. The van der Waals surface area contributed by atoms with Crippen LogP contribution in [0.15, 0.2) is 60.9 Å². The molecule has 53 heavy (non-hydrogen) atoms. The molecule has 0 aliphatic carbocycles. The van der Waals surface area contributed by atoms with Crippen molar-refractivity contribution in [3.63, 3.8) is 0 Å². The lowest BCUT2D eigenvalue weighted by atomic mass is 9.77. The average molecular weight is 745 g/mol. The minimum Gasteiger partial charge on any atom is -0.466 e. The van der Waals surface area contributed by atoms with E-state index in [4.69, 9.17) is 40.6 Å². The van der Waals surface area contributed by atoms with Gasteiger partial charge in [0.15, 0.2) is 5.69 Å². The lowest BCUT2D eigenvalue weighted by Crippen LogP contribution is -2.28. The van der Waals surface area contributed by atoms with Gasteiger partial charge in [-0.2, -0.15) is 0 Å². The Kier molecular flexibility index (Phi) is 14.3. The number of carbonyl (C=O) groups is 2. The number of aromatic nitrogens is 2. The molecule has 0 spiro atoms. The van der Waals surface area contributed by atoms with Gasteiger partial charge in [0.25, 0.3) is 0 Å². The molecule has 0 amide bonds. The fourth-order valence-corrected chi connectivity index (χ4v) is 6.02. The first-order chi connectivity index (χ1) is 25.0. The number of fused-ring (bicyclic) bond motifs is 2. The Hall–Kier alpha value is -5.01. The second-order valence-corrected chi connectivity index (χ2v) is 11.8. The van der Waals surface area contributed by atoms with Crippen molar-refractivity contribution in [1.29, 1.82) is 0 Å². The maximum atomic E-state index is 11.8. The summed E-state index contributed by atoms with van der Waals surface area (Å²) in [6, 6.07) is 13.7. The minimum atomic E-state index is -1.14. The topological polar surface area (TPSA) is 186 Å². The average Bonchev–Trinajstić information content (AvgIpc) is 3.60. The van der Waals surface area contributed by atoms with Gasteiger partial charge in [-0.05, 0) is 103 Å². The molecule has 0 bridgehead atoms. The van der Waals surface area contributed by atoms with Crippen LogP contribution in [0.5, 0.6) is 23.3 Å². The number of nitrogens with zero attached hydrogens (tertiary/aromatic N) is 3. The summed E-state index contributed by atoms with van der Waals surface area (Å²) < 4.78 is 32.5. The number of benzene rings is 2. The maximum absolute atomic E-state index is 11.8. The quantitative estimate of drug-likeness (QED) is 0.113.